The lowest BCUT2D eigenvalue weighted by atomic mass is 10.1. The molecule has 0 aromatic heterocycles. The number of ether oxygens (including phenoxy) is 3. The van der Waals surface area contributed by atoms with Gasteiger partial charge in [0.15, 0.2) is 0 Å². The molecule has 1 atom stereocenters. The molecule has 9 nitrogen and oxygen atoms in total. The molecule has 0 aliphatic carbocycles. The number of nitrogens with one attached hydrogen (secondary N) is 2. The fraction of sp³-hybridized carbons (Fsp3) is 0.192. The van der Waals surface area contributed by atoms with Crippen molar-refractivity contribution >= 4 is 29.5 Å². The van der Waals surface area contributed by atoms with Gasteiger partial charge >= 0.3 is 18.2 Å². The molecule has 182 valence electrons. The first kappa shape index (κ1) is 25.3. The Kier molecular flexibility index (Phi) is 9.21. The SMILES string of the molecule is CC(O)COC(=O)c1cc(NC(=O)OCc2ccccc2)cc(NC(=O)OCc2ccccc2)c1. The van der Waals surface area contributed by atoms with Crippen molar-refractivity contribution in [1.29, 1.82) is 0 Å². The quantitative estimate of drug-likeness (QED) is 0.300. The van der Waals surface area contributed by atoms with Crippen LogP contribution in [0.1, 0.15) is 28.4 Å². The summed E-state index contributed by atoms with van der Waals surface area (Å²) in [7, 11) is 0. The van der Waals surface area contributed by atoms with Gasteiger partial charge in [0.05, 0.1) is 11.7 Å². The summed E-state index contributed by atoms with van der Waals surface area (Å²) in [6, 6.07) is 22.5. The lowest BCUT2D eigenvalue weighted by molar-refractivity contribution is 0.0296. The summed E-state index contributed by atoms with van der Waals surface area (Å²) in [5.41, 5.74) is 2.04. The number of rotatable bonds is 9. The van der Waals surface area contributed by atoms with Gasteiger partial charge in [0, 0.05) is 11.4 Å². The van der Waals surface area contributed by atoms with E-state index in [0.717, 1.165) is 11.1 Å². The minimum atomic E-state index is -0.848. The van der Waals surface area contributed by atoms with E-state index < -0.39 is 24.3 Å². The Morgan fingerprint density at radius 1 is 0.743 bits per heavy atom. The van der Waals surface area contributed by atoms with E-state index in [2.05, 4.69) is 10.6 Å². The van der Waals surface area contributed by atoms with E-state index in [1.54, 1.807) is 0 Å². The number of hydrogen-bond acceptors (Lipinski definition) is 7. The highest BCUT2D eigenvalue weighted by Crippen LogP contribution is 2.21. The molecule has 0 spiro atoms. The zero-order chi connectivity index (χ0) is 25.0. The molecule has 0 saturated carbocycles. The van der Waals surface area contributed by atoms with E-state index in [1.165, 1.54) is 25.1 Å². The first-order valence-corrected chi connectivity index (χ1v) is 10.8. The molecular weight excluding hydrogens is 452 g/mol. The summed E-state index contributed by atoms with van der Waals surface area (Å²) in [6.07, 6.45) is -2.35. The second-order valence-corrected chi connectivity index (χ2v) is 7.62. The van der Waals surface area contributed by atoms with Crippen LogP contribution in [-0.2, 0) is 27.4 Å². The smallest absolute Gasteiger partial charge is 0.411 e. The zero-order valence-electron chi connectivity index (χ0n) is 19.1. The highest BCUT2D eigenvalue weighted by molar-refractivity contribution is 5.96. The van der Waals surface area contributed by atoms with Gasteiger partial charge in [0.25, 0.3) is 0 Å². The second kappa shape index (κ2) is 12.8. The van der Waals surface area contributed by atoms with Crippen LogP contribution in [0, 0.1) is 0 Å². The Morgan fingerprint density at radius 3 is 1.63 bits per heavy atom. The van der Waals surface area contributed by atoms with Gasteiger partial charge in [-0.15, -0.1) is 0 Å². The minimum Gasteiger partial charge on any atom is -0.459 e. The summed E-state index contributed by atoms with van der Waals surface area (Å²) in [6.45, 7) is 1.38. The Labute approximate surface area is 202 Å². The van der Waals surface area contributed by atoms with Crippen LogP contribution in [0.5, 0.6) is 0 Å². The molecule has 0 saturated heterocycles. The Morgan fingerprint density at radius 2 is 1.20 bits per heavy atom. The van der Waals surface area contributed by atoms with Crippen molar-refractivity contribution in [2.24, 2.45) is 0 Å². The van der Waals surface area contributed by atoms with Crippen molar-refractivity contribution in [1.82, 2.24) is 0 Å². The molecule has 9 heteroatoms. The molecule has 0 radical (unpaired) electrons. The average molecular weight is 479 g/mol. The van der Waals surface area contributed by atoms with Crippen LogP contribution in [0.3, 0.4) is 0 Å². The van der Waals surface area contributed by atoms with Gasteiger partial charge < -0.3 is 19.3 Å². The summed E-state index contributed by atoms with van der Waals surface area (Å²) >= 11 is 0. The molecule has 3 aromatic rings. The van der Waals surface area contributed by atoms with Crippen LogP contribution in [-0.4, -0.2) is 36.0 Å². The van der Waals surface area contributed by atoms with Crippen LogP contribution in [0.2, 0.25) is 0 Å². The van der Waals surface area contributed by atoms with Crippen LogP contribution >= 0.6 is 0 Å². The summed E-state index contributed by atoms with van der Waals surface area (Å²) in [5.74, 6) is -0.743. The van der Waals surface area contributed by atoms with Gasteiger partial charge in [-0.25, -0.2) is 14.4 Å². The number of aliphatic hydroxyl groups is 1. The molecule has 3 aromatic carbocycles. The zero-order valence-corrected chi connectivity index (χ0v) is 19.1. The highest BCUT2D eigenvalue weighted by atomic mass is 16.6. The standard InChI is InChI=1S/C26H26N2O7/c1-18(29)15-33-24(30)21-12-22(27-25(31)34-16-19-8-4-2-5-9-19)14-23(13-21)28-26(32)35-17-20-10-6-3-7-11-20/h2-14,18,29H,15-17H2,1H3,(H,27,31)(H,28,32). The second-order valence-electron chi connectivity index (χ2n) is 7.62. The van der Waals surface area contributed by atoms with E-state index in [9.17, 15) is 19.5 Å². The summed E-state index contributed by atoms with van der Waals surface area (Å²) in [5, 5.41) is 14.4. The third-order valence-corrected chi connectivity index (χ3v) is 4.54. The predicted octanol–water partition coefficient (Wildman–Crippen LogP) is 4.72. The minimum absolute atomic E-state index is 0.0462. The van der Waals surface area contributed by atoms with Gasteiger partial charge in [-0.05, 0) is 36.2 Å². The van der Waals surface area contributed by atoms with E-state index in [4.69, 9.17) is 14.2 Å². The summed E-state index contributed by atoms with van der Waals surface area (Å²) < 4.78 is 15.5. The van der Waals surface area contributed by atoms with E-state index in [0.29, 0.717) is 0 Å². The van der Waals surface area contributed by atoms with Gasteiger partial charge in [0.2, 0.25) is 0 Å². The van der Waals surface area contributed by atoms with Crippen LogP contribution in [0.15, 0.2) is 78.9 Å². The monoisotopic (exact) mass is 478 g/mol. The third-order valence-electron chi connectivity index (χ3n) is 4.54. The molecule has 0 aliphatic rings. The molecule has 3 rings (SSSR count). The molecule has 0 fully saturated rings. The fourth-order valence-corrected chi connectivity index (χ4v) is 2.92. The topological polar surface area (TPSA) is 123 Å². The number of esters is 1. The first-order chi connectivity index (χ1) is 16.9. The largest absolute Gasteiger partial charge is 0.459 e. The molecule has 1 unspecified atom stereocenters. The Bertz CT molecular complexity index is 1060. The predicted molar refractivity (Wildman–Crippen MR) is 129 cm³/mol. The van der Waals surface area contributed by atoms with E-state index >= 15 is 0 Å². The number of aliphatic hydroxyl groups excluding tert-OH is 1. The molecule has 0 aliphatic heterocycles. The van der Waals surface area contributed by atoms with Crippen LogP contribution in [0.25, 0.3) is 0 Å². The van der Waals surface area contributed by atoms with Crippen molar-refractivity contribution in [3.8, 4) is 0 Å². The normalized spacial score (nSPS) is 11.1. The van der Waals surface area contributed by atoms with Crippen molar-refractivity contribution in [2.45, 2.75) is 26.2 Å². The van der Waals surface area contributed by atoms with Crippen molar-refractivity contribution in [3.63, 3.8) is 0 Å². The number of carbonyl (C=O) groups excluding carboxylic acids is 3. The maximum absolute atomic E-state index is 12.4. The number of carbonyl (C=O) groups is 3. The fourth-order valence-electron chi connectivity index (χ4n) is 2.92. The van der Waals surface area contributed by atoms with Gasteiger partial charge in [-0.1, -0.05) is 60.7 Å². The lowest BCUT2D eigenvalue weighted by Crippen LogP contribution is -2.18. The number of hydrogen-bond donors (Lipinski definition) is 3. The van der Waals surface area contributed by atoms with Gasteiger partial charge in [-0.2, -0.15) is 0 Å². The average Bonchev–Trinajstić information content (AvgIpc) is 2.86. The van der Waals surface area contributed by atoms with Crippen molar-refractivity contribution in [3.05, 3.63) is 95.6 Å². The van der Waals surface area contributed by atoms with Gasteiger partial charge in [-0.3, -0.25) is 10.6 Å². The van der Waals surface area contributed by atoms with Crippen molar-refractivity contribution in [2.75, 3.05) is 17.2 Å². The first-order valence-electron chi connectivity index (χ1n) is 10.8. The molecule has 3 N–H and O–H groups in total. The lowest BCUT2D eigenvalue weighted by Gasteiger charge is -2.13. The maximum Gasteiger partial charge on any atom is 0.411 e. The highest BCUT2D eigenvalue weighted by Gasteiger charge is 2.15. The molecular formula is C26H26N2O7. The van der Waals surface area contributed by atoms with E-state index in [-0.39, 0.29) is 36.8 Å². The molecule has 0 bridgehead atoms. The third kappa shape index (κ3) is 8.82. The Hall–Kier alpha value is -4.37. The van der Waals surface area contributed by atoms with Crippen LogP contribution < -0.4 is 10.6 Å². The molecule has 0 heterocycles. The number of anilines is 2. The maximum atomic E-state index is 12.4. The number of benzene rings is 3. The Balaban J connectivity index is 1.68. The van der Waals surface area contributed by atoms with Gasteiger partial charge in [0.1, 0.15) is 19.8 Å². The molecule has 2 amide bonds. The summed E-state index contributed by atoms with van der Waals surface area (Å²) in [4.78, 5) is 37.0. The van der Waals surface area contributed by atoms with Crippen LogP contribution in [0.4, 0.5) is 21.0 Å². The molecule has 35 heavy (non-hydrogen) atoms. The van der Waals surface area contributed by atoms with E-state index in [1.807, 2.05) is 60.7 Å². The van der Waals surface area contributed by atoms with Crippen molar-refractivity contribution < 1.29 is 33.7 Å². The number of amides is 2.